The van der Waals surface area contributed by atoms with E-state index in [0.717, 1.165) is 42.0 Å². The molecule has 1 aromatic heterocycles. The number of rotatable bonds is 7. The zero-order valence-corrected chi connectivity index (χ0v) is 17.3. The molecule has 1 fully saturated rings. The molecule has 0 aliphatic heterocycles. The molecule has 4 rings (SSSR count). The number of carbonyl (C=O) groups is 3. The van der Waals surface area contributed by atoms with Crippen LogP contribution in [0, 0.1) is 5.92 Å². The van der Waals surface area contributed by atoms with Gasteiger partial charge in [0, 0.05) is 23.1 Å². The van der Waals surface area contributed by atoms with Crippen molar-refractivity contribution in [2.24, 2.45) is 5.92 Å². The molecule has 0 bridgehead atoms. The molecule has 0 saturated heterocycles. The molecule has 3 atom stereocenters. The predicted octanol–water partition coefficient (Wildman–Crippen LogP) is 3.38. The van der Waals surface area contributed by atoms with Crippen molar-refractivity contribution in [1.29, 1.82) is 0 Å². The first kappa shape index (κ1) is 20.8. The second-order valence-corrected chi connectivity index (χ2v) is 8.16. The van der Waals surface area contributed by atoms with Crippen molar-refractivity contribution in [1.82, 2.24) is 15.6 Å². The van der Waals surface area contributed by atoms with Gasteiger partial charge >= 0.3 is 0 Å². The summed E-state index contributed by atoms with van der Waals surface area (Å²) >= 11 is 0. The van der Waals surface area contributed by atoms with E-state index in [2.05, 4.69) is 15.6 Å². The molecule has 31 heavy (non-hydrogen) atoms. The fourth-order valence-corrected chi connectivity index (χ4v) is 4.41. The van der Waals surface area contributed by atoms with Gasteiger partial charge in [0.2, 0.25) is 5.91 Å². The van der Waals surface area contributed by atoms with E-state index in [-0.39, 0.29) is 23.8 Å². The van der Waals surface area contributed by atoms with Gasteiger partial charge in [0.15, 0.2) is 0 Å². The molecule has 1 heterocycles. The van der Waals surface area contributed by atoms with Crippen molar-refractivity contribution in [2.45, 2.75) is 44.2 Å². The molecular weight excluding hydrogens is 390 g/mol. The number of aromatic amines is 1. The summed E-state index contributed by atoms with van der Waals surface area (Å²) in [6.45, 7) is 0. The van der Waals surface area contributed by atoms with E-state index in [0.29, 0.717) is 18.4 Å². The molecule has 0 radical (unpaired) electrons. The third kappa shape index (κ3) is 4.85. The number of fused-ring (bicyclic) bond motifs is 1. The zero-order valence-electron chi connectivity index (χ0n) is 17.3. The average molecular weight is 418 g/mol. The highest BCUT2D eigenvalue weighted by Gasteiger charge is 2.33. The summed E-state index contributed by atoms with van der Waals surface area (Å²) < 4.78 is 0. The van der Waals surface area contributed by atoms with Crippen molar-refractivity contribution >= 4 is 29.0 Å². The average Bonchev–Trinajstić information content (AvgIpc) is 3.24. The number of hydrogen-bond acceptors (Lipinski definition) is 3. The molecule has 3 N–H and O–H groups in total. The Morgan fingerprint density at radius 1 is 1.03 bits per heavy atom. The molecule has 0 unspecified atom stereocenters. The molecule has 1 aliphatic rings. The van der Waals surface area contributed by atoms with Crippen LogP contribution in [-0.2, 0) is 16.0 Å². The van der Waals surface area contributed by atoms with Gasteiger partial charge in [0.25, 0.3) is 5.91 Å². The molecule has 2 aromatic carbocycles. The van der Waals surface area contributed by atoms with Crippen LogP contribution >= 0.6 is 0 Å². The number of hydrogen-bond donors (Lipinski definition) is 3. The molecule has 160 valence electrons. The highest BCUT2D eigenvalue weighted by Crippen LogP contribution is 2.26. The van der Waals surface area contributed by atoms with Crippen molar-refractivity contribution in [2.75, 3.05) is 0 Å². The smallest absolute Gasteiger partial charge is 0.253 e. The van der Waals surface area contributed by atoms with E-state index in [1.807, 2.05) is 54.6 Å². The lowest BCUT2D eigenvalue weighted by Crippen LogP contribution is -2.51. The standard InChI is InChI=1S/C25H27N3O3/c29-16-18(14-17-8-2-1-3-9-17)27-24(30)20-11-5-7-13-23(20)28-25(31)21-15-26-22-12-6-4-10-19(21)22/h1-4,6,8-10,12,15-16,18,20,23,26H,5,7,11,13-14H2,(H,27,30)(H,28,31)/t18-,20+,23-/m0/s1. The number of H-pyrrole nitrogens is 1. The van der Waals surface area contributed by atoms with E-state index in [9.17, 15) is 14.4 Å². The van der Waals surface area contributed by atoms with Crippen molar-refractivity contribution in [3.05, 3.63) is 71.9 Å². The van der Waals surface area contributed by atoms with Crippen LogP contribution in [0.25, 0.3) is 10.9 Å². The quantitative estimate of drug-likeness (QED) is 0.515. The van der Waals surface area contributed by atoms with Gasteiger partial charge in [-0.3, -0.25) is 9.59 Å². The summed E-state index contributed by atoms with van der Waals surface area (Å²) in [7, 11) is 0. The SMILES string of the molecule is O=C[C@H](Cc1ccccc1)NC(=O)[C@@H]1CCCC[C@@H]1NC(=O)c1c[nH]c2ccccc12. The van der Waals surface area contributed by atoms with Crippen molar-refractivity contribution < 1.29 is 14.4 Å². The van der Waals surface area contributed by atoms with Gasteiger partial charge in [-0.15, -0.1) is 0 Å². The summed E-state index contributed by atoms with van der Waals surface area (Å²) in [5.41, 5.74) is 2.48. The first-order valence-corrected chi connectivity index (χ1v) is 10.8. The predicted molar refractivity (Wildman–Crippen MR) is 120 cm³/mol. The third-order valence-electron chi connectivity index (χ3n) is 6.04. The summed E-state index contributed by atoms with van der Waals surface area (Å²) in [4.78, 5) is 40.7. The number of aromatic nitrogens is 1. The van der Waals surface area contributed by atoms with E-state index < -0.39 is 6.04 Å². The molecule has 6 heteroatoms. The normalized spacial score (nSPS) is 19.5. The first-order chi connectivity index (χ1) is 15.2. The molecular formula is C25H27N3O3. The highest BCUT2D eigenvalue weighted by atomic mass is 16.2. The van der Waals surface area contributed by atoms with E-state index in [4.69, 9.17) is 0 Å². The fourth-order valence-electron chi connectivity index (χ4n) is 4.41. The third-order valence-corrected chi connectivity index (χ3v) is 6.04. The Morgan fingerprint density at radius 3 is 2.58 bits per heavy atom. The van der Waals surface area contributed by atoms with Crippen LogP contribution in [0.1, 0.15) is 41.6 Å². The maximum Gasteiger partial charge on any atom is 0.253 e. The number of aldehydes is 1. The van der Waals surface area contributed by atoms with E-state index in [1.54, 1.807) is 6.20 Å². The number of nitrogens with one attached hydrogen (secondary N) is 3. The van der Waals surface area contributed by atoms with Gasteiger partial charge < -0.3 is 20.4 Å². The molecule has 3 aromatic rings. The lowest BCUT2D eigenvalue weighted by Gasteiger charge is -2.32. The Kier molecular flexibility index (Phi) is 6.46. The minimum absolute atomic E-state index is 0.169. The van der Waals surface area contributed by atoms with Crippen molar-refractivity contribution in [3.8, 4) is 0 Å². The molecule has 2 amide bonds. The largest absolute Gasteiger partial charge is 0.360 e. The van der Waals surface area contributed by atoms with Gasteiger partial charge in [0.05, 0.1) is 17.5 Å². The van der Waals surface area contributed by atoms with Gasteiger partial charge in [0.1, 0.15) is 6.29 Å². The molecule has 1 saturated carbocycles. The second-order valence-electron chi connectivity index (χ2n) is 8.16. The summed E-state index contributed by atoms with van der Waals surface area (Å²) in [5, 5.41) is 6.83. The summed E-state index contributed by atoms with van der Waals surface area (Å²) in [6, 6.07) is 16.4. The molecule has 1 aliphatic carbocycles. The number of benzene rings is 2. The minimum atomic E-state index is -0.582. The Balaban J connectivity index is 1.43. The van der Waals surface area contributed by atoms with Crippen molar-refractivity contribution in [3.63, 3.8) is 0 Å². The van der Waals surface area contributed by atoms with Crippen LogP contribution in [0.15, 0.2) is 60.8 Å². The second kappa shape index (κ2) is 9.60. The Bertz CT molecular complexity index is 1060. The van der Waals surface area contributed by atoms with Crippen LogP contribution in [-0.4, -0.2) is 35.2 Å². The van der Waals surface area contributed by atoms with Gasteiger partial charge in [-0.2, -0.15) is 0 Å². The summed E-state index contributed by atoms with van der Waals surface area (Å²) in [5.74, 6) is -0.698. The lowest BCUT2D eigenvalue weighted by molar-refractivity contribution is -0.129. The van der Waals surface area contributed by atoms with Gasteiger partial charge in [-0.1, -0.05) is 61.4 Å². The van der Waals surface area contributed by atoms with Crippen LogP contribution in [0.4, 0.5) is 0 Å². The molecule has 0 spiro atoms. The van der Waals surface area contributed by atoms with E-state index in [1.165, 1.54) is 0 Å². The van der Waals surface area contributed by atoms with Crippen LogP contribution in [0.2, 0.25) is 0 Å². The van der Waals surface area contributed by atoms with E-state index >= 15 is 0 Å². The summed E-state index contributed by atoms with van der Waals surface area (Å²) in [6.07, 6.45) is 6.28. The topological polar surface area (TPSA) is 91.1 Å². The Labute approximate surface area is 181 Å². The Morgan fingerprint density at radius 2 is 1.77 bits per heavy atom. The number of carbonyl (C=O) groups excluding carboxylic acids is 3. The Hall–Kier alpha value is -3.41. The number of para-hydroxylation sites is 1. The van der Waals surface area contributed by atoms with Crippen LogP contribution in [0.5, 0.6) is 0 Å². The van der Waals surface area contributed by atoms with Crippen LogP contribution in [0.3, 0.4) is 0 Å². The monoisotopic (exact) mass is 417 g/mol. The first-order valence-electron chi connectivity index (χ1n) is 10.8. The fraction of sp³-hybridized carbons (Fsp3) is 0.320. The maximum atomic E-state index is 13.0. The van der Waals surface area contributed by atoms with Crippen LogP contribution < -0.4 is 10.6 Å². The van der Waals surface area contributed by atoms with Gasteiger partial charge in [-0.25, -0.2) is 0 Å². The number of amides is 2. The maximum absolute atomic E-state index is 13.0. The highest BCUT2D eigenvalue weighted by molar-refractivity contribution is 6.07. The molecule has 6 nitrogen and oxygen atoms in total. The zero-order chi connectivity index (χ0) is 21.6. The van der Waals surface area contributed by atoms with Gasteiger partial charge in [-0.05, 0) is 30.9 Å². The minimum Gasteiger partial charge on any atom is -0.360 e. The lowest BCUT2D eigenvalue weighted by atomic mass is 9.83.